The van der Waals surface area contributed by atoms with Crippen molar-refractivity contribution >= 4 is 56.5 Å². The third kappa shape index (κ3) is 4.15. The highest BCUT2D eigenvalue weighted by atomic mass is 79.9. The van der Waals surface area contributed by atoms with Crippen molar-refractivity contribution < 1.29 is 19.7 Å². The molecule has 1 aliphatic rings. The largest absolute Gasteiger partial charge is 0.462 e. The smallest absolute Gasteiger partial charge is 0.338 e. The van der Waals surface area contributed by atoms with Crippen molar-refractivity contribution in [2.75, 3.05) is 17.7 Å². The molecule has 0 amide bonds. The number of hydrogen-bond acceptors (Lipinski definition) is 5. The summed E-state index contributed by atoms with van der Waals surface area (Å²) < 4.78 is 6.22. The van der Waals surface area contributed by atoms with Crippen LogP contribution < -0.4 is 10.2 Å². The van der Waals surface area contributed by atoms with Gasteiger partial charge in [0.15, 0.2) is 0 Å². The molecule has 3 aromatic carbocycles. The Morgan fingerprint density at radius 3 is 2.24 bits per heavy atom. The minimum absolute atomic E-state index is 0.304. The van der Waals surface area contributed by atoms with Gasteiger partial charge in [0.25, 0.3) is 0 Å². The van der Waals surface area contributed by atoms with E-state index >= 15 is 0 Å². The summed E-state index contributed by atoms with van der Waals surface area (Å²) in [6.45, 7) is 7.65. The number of ether oxygens (including phenoxy) is 1. The fourth-order valence-electron chi connectivity index (χ4n) is 4.83. The molecule has 2 N–H and O–H groups in total. The molecule has 0 saturated heterocycles. The summed E-state index contributed by atoms with van der Waals surface area (Å²) in [7, 11) is -1.05. The number of benzene rings is 3. The summed E-state index contributed by atoms with van der Waals surface area (Å²) in [6, 6.07) is 16.2. The first kappa shape index (κ1) is 24.0. The summed E-state index contributed by atoms with van der Waals surface area (Å²) in [5.74, 6) is -0.304. The third-order valence-corrected chi connectivity index (χ3v) is 9.71. The van der Waals surface area contributed by atoms with E-state index in [4.69, 9.17) is 4.74 Å². The number of hydrogen-bond donors (Lipinski definition) is 2. The normalized spacial score (nSPS) is 16.7. The van der Waals surface area contributed by atoms with Crippen LogP contribution in [0.3, 0.4) is 0 Å². The minimum Gasteiger partial charge on any atom is -0.462 e. The van der Waals surface area contributed by atoms with Gasteiger partial charge in [0, 0.05) is 15.5 Å². The van der Waals surface area contributed by atoms with E-state index in [1.165, 1.54) is 16.2 Å². The molecule has 0 bridgehead atoms. The Morgan fingerprint density at radius 1 is 1.00 bits per heavy atom. The lowest BCUT2D eigenvalue weighted by atomic mass is 9.95. The number of carbonyl (C=O) groups excluding carboxylic acids is 1. The average Bonchev–Trinajstić information content (AvgIpc) is 3.10. The van der Waals surface area contributed by atoms with Crippen molar-refractivity contribution in [3.05, 3.63) is 69.7 Å². The number of aliphatic hydroxyl groups excluding tert-OH is 2. The highest BCUT2D eigenvalue weighted by Crippen LogP contribution is 2.44. The van der Waals surface area contributed by atoms with Crippen LogP contribution in [0.4, 0.5) is 5.69 Å². The quantitative estimate of drug-likeness (QED) is 0.263. The van der Waals surface area contributed by atoms with Crippen LogP contribution in [-0.4, -0.2) is 46.7 Å². The number of anilines is 1. The maximum Gasteiger partial charge on any atom is 0.338 e. The number of esters is 1. The predicted octanol–water partition coefficient (Wildman–Crippen LogP) is 4.70. The van der Waals surface area contributed by atoms with Crippen LogP contribution in [0.15, 0.2) is 53.0 Å². The van der Waals surface area contributed by atoms with Gasteiger partial charge >= 0.3 is 5.97 Å². The second-order valence-electron chi connectivity index (χ2n) is 8.15. The SMILES string of the molecule is CCOC(=O)c1ccc2c3c(ccc(Br)c13)[PH](CC)=C2c1ccc(N(C(C)O)C(C)O)cc1. The molecule has 1 heterocycles. The molecule has 4 rings (SSSR count). The van der Waals surface area contributed by atoms with Gasteiger partial charge in [-0.05, 0) is 78.3 Å². The summed E-state index contributed by atoms with van der Waals surface area (Å²) in [4.78, 5) is 14.2. The van der Waals surface area contributed by atoms with E-state index in [9.17, 15) is 15.0 Å². The summed E-state index contributed by atoms with van der Waals surface area (Å²) in [6.07, 6.45) is -0.584. The first-order valence-corrected chi connectivity index (χ1v) is 13.7. The van der Waals surface area contributed by atoms with Gasteiger partial charge in [-0.25, -0.2) is 4.79 Å². The topological polar surface area (TPSA) is 70.0 Å². The van der Waals surface area contributed by atoms with Crippen LogP contribution in [0.25, 0.3) is 10.8 Å². The lowest BCUT2D eigenvalue weighted by Crippen LogP contribution is -2.40. The molecule has 3 atom stereocenters. The molecule has 0 saturated carbocycles. The summed E-state index contributed by atoms with van der Waals surface area (Å²) >= 11 is 3.68. The Labute approximate surface area is 203 Å². The highest BCUT2D eigenvalue weighted by molar-refractivity contribution is 9.10. The zero-order chi connectivity index (χ0) is 23.9. The van der Waals surface area contributed by atoms with Crippen molar-refractivity contribution in [3.8, 4) is 0 Å². The van der Waals surface area contributed by atoms with Crippen molar-refractivity contribution in [2.45, 2.75) is 40.2 Å². The molecule has 33 heavy (non-hydrogen) atoms. The van der Waals surface area contributed by atoms with E-state index in [0.717, 1.165) is 32.7 Å². The Morgan fingerprint density at radius 2 is 1.67 bits per heavy atom. The molecular formula is C26H29BrNO4P. The molecular weight excluding hydrogens is 501 g/mol. The van der Waals surface area contributed by atoms with Gasteiger partial charge in [0.2, 0.25) is 0 Å². The van der Waals surface area contributed by atoms with E-state index in [0.29, 0.717) is 12.2 Å². The number of carbonyl (C=O) groups is 1. The standard InChI is InChI=1S/C26H29BrNO4P/c1-5-32-26(31)20-12-11-19-24-22(14-13-21(27)23(20)24)33(6-2)25(19)17-7-9-18(10-8-17)28(15(3)29)16(4)30/h7-16,29-30,33H,5-6H2,1-4H3. The fraction of sp³-hybridized carbons (Fsp3) is 0.308. The molecule has 0 aromatic heterocycles. The van der Waals surface area contributed by atoms with Gasteiger partial charge in [0.1, 0.15) is 12.5 Å². The Kier molecular flexibility index (Phi) is 7.01. The lowest BCUT2D eigenvalue weighted by molar-refractivity contribution is 0.0528. The van der Waals surface area contributed by atoms with Crippen molar-refractivity contribution in [3.63, 3.8) is 0 Å². The Bertz CT molecular complexity index is 1240. The van der Waals surface area contributed by atoms with Gasteiger partial charge in [-0.2, -0.15) is 0 Å². The molecule has 3 aromatic rings. The first-order chi connectivity index (χ1) is 15.8. The van der Waals surface area contributed by atoms with Gasteiger partial charge in [-0.15, -0.1) is 0 Å². The van der Waals surface area contributed by atoms with E-state index in [1.807, 2.05) is 31.2 Å². The molecule has 7 heteroatoms. The van der Waals surface area contributed by atoms with Crippen LogP contribution in [0.5, 0.6) is 0 Å². The second-order valence-corrected chi connectivity index (χ2v) is 11.7. The van der Waals surface area contributed by atoms with Crippen molar-refractivity contribution in [1.29, 1.82) is 0 Å². The van der Waals surface area contributed by atoms with Crippen molar-refractivity contribution in [2.24, 2.45) is 0 Å². The van der Waals surface area contributed by atoms with Crippen LogP contribution in [0.1, 0.15) is 49.2 Å². The molecule has 0 radical (unpaired) electrons. The molecule has 174 valence electrons. The van der Waals surface area contributed by atoms with Crippen LogP contribution in [-0.2, 0) is 4.74 Å². The van der Waals surface area contributed by atoms with Crippen LogP contribution in [0, 0.1) is 0 Å². The molecule has 0 fully saturated rings. The summed E-state index contributed by atoms with van der Waals surface area (Å²) in [5, 5.41) is 24.8. The number of nitrogens with zero attached hydrogens (tertiary/aromatic N) is 1. The molecule has 0 aliphatic carbocycles. The number of halogens is 1. The van der Waals surface area contributed by atoms with Gasteiger partial charge < -0.3 is 19.8 Å². The fourth-order valence-corrected chi connectivity index (χ4v) is 8.27. The van der Waals surface area contributed by atoms with Gasteiger partial charge in [0.05, 0.1) is 12.2 Å². The average molecular weight is 530 g/mol. The lowest BCUT2D eigenvalue weighted by Gasteiger charge is -2.30. The molecule has 5 nitrogen and oxygen atoms in total. The minimum atomic E-state index is -1.05. The van der Waals surface area contributed by atoms with Crippen LogP contribution >= 0.6 is 23.5 Å². The monoisotopic (exact) mass is 529 g/mol. The second kappa shape index (κ2) is 9.63. The maximum absolute atomic E-state index is 12.7. The van der Waals surface area contributed by atoms with E-state index in [2.05, 4.69) is 47.1 Å². The number of aliphatic hydroxyl groups is 2. The molecule has 3 unspecified atom stereocenters. The maximum atomic E-state index is 12.7. The molecule has 1 aliphatic heterocycles. The Hall–Kier alpha value is -2.11. The van der Waals surface area contributed by atoms with Gasteiger partial charge in [-0.1, -0.05) is 54.7 Å². The predicted molar refractivity (Wildman–Crippen MR) is 142 cm³/mol. The van der Waals surface area contributed by atoms with Crippen LogP contribution in [0.2, 0.25) is 0 Å². The zero-order valence-corrected chi connectivity index (χ0v) is 21.8. The highest BCUT2D eigenvalue weighted by Gasteiger charge is 2.27. The van der Waals surface area contributed by atoms with E-state index in [1.54, 1.807) is 18.7 Å². The molecule has 0 spiro atoms. The third-order valence-electron chi connectivity index (χ3n) is 6.11. The first-order valence-electron chi connectivity index (χ1n) is 11.2. The van der Waals surface area contributed by atoms with E-state index < -0.39 is 20.0 Å². The zero-order valence-electron chi connectivity index (χ0n) is 19.2. The number of rotatable bonds is 7. The Balaban J connectivity index is 1.88. The van der Waals surface area contributed by atoms with E-state index in [-0.39, 0.29) is 5.97 Å². The summed E-state index contributed by atoms with van der Waals surface area (Å²) in [5.41, 5.74) is 3.64. The van der Waals surface area contributed by atoms with Crippen molar-refractivity contribution in [1.82, 2.24) is 0 Å². The van der Waals surface area contributed by atoms with Gasteiger partial charge in [-0.3, -0.25) is 0 Å².